The topological polar surface area (TPSA) is 90.1 Å². The molecule has 0 atom stereocenters. The molecule has 1 heterocycles. The minimum absolute atomic E-state index is 0.00618. The molecule has 2 rings (SSSR count). The van der Waals surface area contributed by atoms with Crippen molar-refractivity contribution < 1.29 is 4.92 Å². The zero-order chi connectivity index (χ0) is 14.5. The number of hydrogen-bond acceptors (Lipinski definition) is 5. The first-order chi connectivity index (χ1) is 9.61. The third kappa shape index (κ3) is 3.00. The fourth-order valence-electron chi connectivity index (χ4n) is 1.85. The van der Waals surface area contributed by atoms with Crippen LogP contribution in [0.25, 0.3) is 0 Å². The first kappa shape index (κ1) is 13.7. The van der Waals surface area contributed by atoms with E-state index in [2.05, 4.69) is 10.4 Å². The normalized spacial score (nSPS) is 10.2. The smallest absolute Gasteiger partial charge is 0.292 e. The van der Waals surface area contributed by atoms with Gasteiger partial charge < -0.3 is 5.32 Å². The monoisotopic (exact) mass is 274 g/mol. The average molecular weight is 274 g/mol. The summed E-state index contributed by atoms with van der Waals surface area (Å²) in [4.78, 5) is 22.2. The summed E-state index contributed by atoms with van der Waals surface area (Å²) in [6.45, 7) is 2.66. The molecule has 0 radical (unpaired) electrons. The van der Waals surface area contributed by atoms with Crippen LogP contribution in [0.1, 0.15) is 12.5 Å². The molecule has 0 aliphatic rings. The van der Waals surface area contributed by atoms with E-state index in [9.17, 15) is 14.9 Å². The number of anilines is 1. The molecule has 0 unspecified atom stereocenters. The van der Waals surface area contributed by atoms with E-state index in [0.29, 0.717) is 17.8 Å². The number of nitrogens with one attached hydrogen (secondary N) is 1. The maximum atomic E-state index is 11.6. The van der Waals surface area contributed by atoms with E-state index in [1.165, 1.54) is 23.0 Å². The lowest BCUT2D eigenvalue weighted by Gasteiger charge is -2.07. The molecule has 20 heavy (non-hydrogen) atoms. The molecule has 2 aromatic rings. The highest BCUT2D eigenvalue weighted by Crippen LogP contribution is 2.25. The predicted molar refractivity (Wildman–Crippen MR) is 74.9 cm³/mol. The van der Waals surface area contributed by atoms with Gasteiger partial charge >= 0.3 is 0 Å². The van der Waals surface area contributed by atoms with Crippen molar-refractivity contribution in [3.63, 3.8) is 0 Å². The molecule has 0 amide bonds. The van der Waals surface area contributed by atoms with Gasteiger partial charge in [0.15, 0.2) is 0 Å². The SMILES string of the molecule is CCNc1ccc(Cn2ncccc2=O)cc1[N+](=O)[O-]. The van der Waals surface area contributed by atoms with Crippen LogP contribution in [0.5, 0.6) is 0 Å². The Morgan fingerprint density at radius 2 is 2.20 bits per heavy atom. The summed E-state index contributed by atoms with van der Waals surface area (Å²) in [6, 6.07) is 7.79. The van der Waals surface area contributed by atoms with Gasteiger partial charge in [-0.1, -0.05) is 6.07 Å². The minimum Gasteiger partial charge on any atom is -0.380 e. The van der Waals surface area contributed by atoms with Crippen molar-refractivity contribution in [2.75, 3.05) is 11.9 Å². The summed E-state index contributed by atoms with van der Waals surface area (Å²) < 4.78 is 1.26. The lowest BCUT2D eigenvalue weighted by atomic mass is 10.1. The molecule has 1 N–H and O–H groups in total. The van der Waals surface area contributed by atoms with E-state index in [-0.39, 0.29) is 17.8 Å². The van der Waals surface area contributed by atoms with Gasteiger partial charge in [0.05, 0.1) is 11.5 Å². The van der Waals surface area contributed by atoms with Crippen LogP contribution < -0.4 is 10.9 Å². The average Bonchev–Trinajstić information content (AvgIpc) is 2.43. The maximum absolute atomic E-state index is 11.6. The summed E-state index contributed by atoms with van der Waals surface area (Å²) >= 11 is 0. The van der Waals surface area contributed by atoms with Gasteiger partial charge in [0.2, 0.25) is 0 Å². The first-order valence-corrected chi connectivity index (χ1v) is 6.15. The number of aromatic nitrogens is 2. The van der Waals surface area contributed by atoms with Gasteiger partial charge in [0.25, 0.3) is 11.2 Å². The van der Waals surface area contributed by atoms with Crippen molar-refractivity contribution in [2.45, 2.75) is 13.5 Å². The van der Waals surface area contributed by atoms with E-state index in [4.69, 9.17) is 0 Å². The Bertz CT molecular complexity index is 681. The summed E-state index contributed by atoms with van der Waals surface area (Å²) in [5.74, 6) is 0. The molecular weight excluding hydrogens is 260 g/mol. The quantitative estimate of drug-likeness (QED) is 0.661. The van der Waals surface area contributed by atoms with Crippen LogP contribution in [-0.4, -0.2) is 21.2 Å². The van der Waals surface area contributed by atoms with Gasteiger partial charge in [-0.2, -0.15) is 5.10 Å². The number of benzene rings is 1. The van der Waals surface area contributed by atoms with E-state index >= 15 is 0 Å². The Labute approximate surface area is 115 Å². The van der Waals surface area contributed by atoms with Crippen molar-refractivity contribution >= 4 is 11.4 Å². The van der Waals surface area contributed by atoms with Gasteiger partial charge in [-0.15, -0.1) is 0 Å². The molecule has 1 aromatic heterocycles. The van der Waals surface area contributed by atoms with Crippen LogP contribution >= 0.6 is 0 Å². The molecule has 0 saturated heterocycles. The van der Waals surface area contributed by atoms with Crippen LogP contribution in [0.2, 0.25) is 0 Å². The van der Waals surface area contributed by atoms with Gasteiger partial charge in [0, 0.05) is 24.9 Å². The number of nitro groups is 1. The molecule has 0 aliphatic heterocycles. The Morgan fingerprint density at radius 1 is 1.40 bits per heavy atom. The van der Waals surface area contributed by atoms with E-state index in [1.54, 1.807) is 18.2 Å². The van der Waals surface area contributed by atoms with Crippen molar-refractivity contribution in [1.82, 2.24) is 9.78 Å². The van der Waals surface area contributed by atoms with Gasteiger partial charge in [-0.25, -0.2) is 4.68 Å². The molecule has 0 bridgehead atoms. The summed E-state index contributed by atoms with van der Waals surface area (Å²) in [7, 11) is 0. The van der Waals surface area contributed by atoms with Gasteiger partial charge in [-0.3, -0.25) is 14.9 Å². The molecule has 0 saturated carbocycles. The van der Waals surface area contributed by atoms with E-state index in [1.807, 2.05) is 6.92 Å². The highest BCUT2D eigenvalue weighted by atomic mass is 16.6. The Balaban J connectivity index is 2.34. The molecule has 7 nitrogen and oxygen atoms in total. The summed E-state index contributed by atoms with van der Waals surface area (Å²) in [5.41, 5.74) is 0.869. The van der Waals surface area contributed by atoms with Crippen molar-refractivity contribution in [1.29, 1.82) is 0 Å². The Hall–Kier alpha value is -2.70. The third-order valence-corrected chi connectivity index (χ3v) is 2.74. The molecule has 7 heteroatoms. The second kappa shape index (κ2) is 5.96. The van der Waals surface area contributed by atoms with Gasteiger partial charge in [0.1, 0.15) is 5.69 Å². The number of rotatable bonds is 5. The minimum atomic E-state index is -0.442. The molecule has 0 fully saturated rings. The standard InChI is InChI=1S/C13H14N4O3/c1-2-14-11-6-5-10(8-12(11)17(19)20)9-16-13(18)4-3-7-15-16/h3-8,14H,2,9H2,1H3. The van der Waals surface area contributed by atoms with E-state index in [0.717, 1.165) is 0 Å². The second-order valence-corrected chi connectivity index (χ2v) is 4.16. The maximum Gasteiger partial charge on any atom is 0.292 e. The Morgan fingerprint density at radius 3 is 2.85 bits per heavy atom. The van der Waals surface area contributed by atoms with Crippen LogP contribution in [0, 0.1) is 10.1 Å². The number of nitrogens with zero attached hydrogens (tertiary/aromatic N) is 3. The summed E-state index contributed by atoms with van der Waals surface area (Å²) in [6.07, 6.45) is 1.50. The number of hydrogen-bond donors (Lipinski definition) is 1. The Kier molecular flexibility index (Phi) is 4.09. The highest BCUT2D eigenvalue weighted by Gasteiger charge is 2.14. The zero-order valence-electron chi connectivity index (χ0n) is 10.9. The number of nitro benzene ring substituents is 1. The summed E-state index contributed by atoms with van der Waals surface area (Å²) in [5, 5.41) is 17.9. The van der Waals surface area contributed by atoms with Crippen molar-refractivity contribution in [3.05, 3.63) is 62.6 Å². The lowest BCUT2D eigenvalue weighted by molar-refractivity contribution is -0.384. The van der Waals surface area contributed by atoms with Gasteiger partial charge in [-0.05, 0) is 24.6 Å². The van der Waals surface area contributed by atoms with Crippen molar-refractivity contribution in [3.8, 4) is 0 Å². The van der Waals surface area contributed by atoms with Crippen LogP contribution in [0.15, 0.2) is 41.3 Å². The highest BCUT2D eigenvalue weighted by molar-refractivity contribution is 5.62. The molecule has 1 aromatic carbocycles. The second-order valence-electron chi connectivity index (χ2n) is 4.16. The van der Waals surface area contributed by atoms with Crippen molar-refractivity contribution in [2.24, 2.45) is 0 Å². The molecule has 0 spiro atoms. The first-order valence-electron chi connectivity index (χ1n) is 6.15. The predicted octanol–water partition coefficient (Wildman–Crippen LogP) is 1.63. The lowest BCUT2D eigenvalue weighted by Crippen LogP contribution is -2.21. The third-order valence-electron chi connectivity index (χ3n) is 2.74. The fraction of sp³-hybridized carbons (Fsp3) is 0.231. The fourth-order valence-corrected chi connectivity index (χ4v) is 1.85. The molecule has 104 valence electrons. The zero-order valence-corrected chi connectivity index (χ0v) is 10.9. The van der Waals surface area contributed by atoms with Crippen LogP contribution in [0.3, 0.4) is 0 Å². The largest absolute Gasteiger partial charge is 0.380 e. The van der Waals surface area contributed by atoms with Crippen LogP contribution in [0.4, 0.5) is 11.4 Å². The molecular formula is C13H14N4O3. The van der Waals surface area contributed by atoms with E-state index < -0.39 is 4.92 Å². The van der Waals surface area contributed by atoms with Crippen LogP contribution in [-0.2, 0) is 6.54 Å². The molecule has 0 aliphatic carbocycles.